The Hall–Kier alpha value is -2.20. The Labute approximate surface area is 194 Å². The topological polar surface area (TPSA) is 79.8 Å². The molecule has 0 unspecified atom stereocenters. The molecule has 0 saturated carbocycles. The minimum Gasteiger partial charge on any atom is -0.465 e. The van der Waals surface area contributed by atoms with Crippen LogP contribution in [0, 0.1) is 0 Å². The molecule has 2 aliphatic rings. The van der Waals surface area contributed by atoms with Crippen LogP contribution in [-0.4, -0.2) is 67.0 Å². The summed E-state index contributed by atoms with van der Waals surface area (Å²) >= 11 is 1.64. The molecule has 0 amide bonds. The lowest BCUT2D eigenvalue weighted by Crippen LogP contribution is -2.44. The van der Waals surface area contributed by atoms with Gasteiger partial charge in [0.15, 0.2) is 5.82 Å². The van der Waals surface area contributed by atoms with Crippen molar-refractivity contribution in [3.05, 3.63) is 36.2 Å². The Morgan fingerprint density at radius 1 is 1.25 bits per heavy atom. The van der Waals surface area contributed by atoms with Gasteiger partial charge in [-0.3, -0.25) is 14.6 Å². The summed E-state index contributed by atoms with van der Waals surface area (Å²) in [7, 11) is 1.69. The number of hydrogen-bond donors (Lipinski definition) is 1. The number of methoxy groups -OCH3 is 1. The van der Waals surface area contributed by atoms with E-state index in [4.69, 9.17) is 9.47 Å². The summed E-state index contributed by atoms with van der Waals surface area (Å²) in [4.78, 5) is 26.0. The van der Waals surface area contributed by atoms with Gasteiger partial charge in [0.2, 0.25) is 0 Å². The largest absolute Gasteiger partial charge is 0.465 e. The van der Waals surface area contributed by atoms with Crippen molar-refractivity contribution in [2.45, 2.75) is 49.7 Å². The third kappa shape index (κ3) is 5.78. The Morgan fingerprint density at radius 2 is 2.03 bits per heavy atom. The highest BCUT2D eigenvalue weighted by Gasteiger charge is 2.26. The van der Waals surface area contributed by atoms with Gasteiger partial charge >= 0.3 is 5.97 Å². The van der Waals surface area contributed by atoms with Crippen LogP contribution in [0.1, 0.15) is 32.8 Å². The fraction of sp³-hybridized carbons (Fsp3) is 0.522. The smallest absolute Gasteiger partial charge is 0.320 e. The summed E-state index contributed by atoms with van der Waals surface area (Å²) in [6.07, 6.45) is 5.49. The van der Waals surface area contributed by atoms with Gasteiger partial charge in [0, 0.05) is 50.1 Å². The van der Waals surface area contributed by atoms with Crippen molar-refractivity contribution in [3.8, 4) is 0 Å². The third-order valence-electron chi connectivity index (χ3n) is 5.52. The molecule has 2 aliphatic heterocycles. The van der Waals surface area contributed by atoms with E-state index >= 15 is 0 Å². The number of anilines is 2. The Bertz CT molecular complexity index is 905. The van der Waals surface area contributed by atoms with E-state index in [9.17, 15) is 4.79 Å². The molecule has 4 rings (SSSR count). The molecule has 1 aromatic heterocycles. The summed E-state index contributed by atoms with van der Waals surface area (Å²) in [6.45, 7) is 5.72. The fourth-order valence-corrected chi connectivity index (χ4v) is 4.96. The predicted molar refractivity (Wildman–Crippen MR) is 126 cm³/mol. The Kier molecular flexibility index (Phi) is 8.86. The number of carbonyl (C=O) groups excluding carboxylic acids is 1. The van der Waals surface area contributed by atoms with Crippen LogP contribution in [-0.2, 0) is 20.8 Å². The van der Waals surface area contributed by atoms with Crippen molar-refractivity contribution in [1.29, 1.82) is 0 Å². The van der Waals surface area contributed by atoms with Crippen LogP contribution in [0.15, 0.2) is 40.5 Å². The van der Waals surface area contributed by atoms with E-state index in [1.165, 1.54) is 5.56 Å². The number of ether oxygens (including phenoxy) is 2. The third-order valence-corrected chi connectivity index (χ3v) is 6.57. The van der Waals surface area contributed by atoms with Crippen molar-refractivity contribution in [3.63, 3.8) is 0 Å². The first-order valence-corrected chi connectivity index (χ1v) is 11.5. The average molecular weight is 460 g/mol. The van der Waals surface area contributed by atoms with Crippen LogP contribution in [0.25, 0.3) is 0 Å². The second kappa shape index (κ2) is 11.6. The molecule has 0 aliphatic carbocycles. The molecule has 1 saturated heterocycles. The molecule has 9 heteroatoms. The lowest BCUT2D eigenvalue weighted by Gasteiger charge is -2.32. The molecule has 174 valence electrons. The standard InChI is InChI=1S/C22H29N5O3S.CH4/c1-3-30-20(28)14-26-10-6-17(7-11-26)25-13-16-4-5-19-18(12-16)27(15-29-2)21-22(31-19)24-9-8-23-21;/h4-5,8-9,12,17,25H,3,6-7,10-11,13-15H2,1-2H3;1H4. The number of nitrogens with one attached hydrogen (secondary N) is 1. The van der Waals surface area contributed by atoms with Gasteiger partial charge in [-0.25, -0.2) is 9.97 Å². The summed E-state index contributed by atoms with van der Waals surface area (Å²) < 4.78 is 10.5. The van der Waals surface area contributed by atoms with Gasteiger partial charge in [0.25, 0.3) is 0 Å². The lowest BCUT2D eigenvalue weighted by molar-refractivity contribution is -0.144. The number of fused-ring (bicyclic) bond motifs is 2. The highest BCUT2D eigenvalue weighted by molar-refractivity contribution is 7.99. The lowest BCUT2D eigenvalue weighted by atomic mass is 10.0. The Morgan fingerprint density at radius 3 is 2.78 bits per heavy atom. The molecule has 3 heterocycles. The highest BCUT2D eigenvalue weighted by Crippen LogP contribution is 2.46. The van der Waals surface area contributed by atoms with Crippen molar-refractivity contribution < 1.29 is 14.3 Å². The summed E-state index contributed by atoms with van der Waals surface area (Å²) in [5.74, 6) is 0.702. The van der Waals surface area contributed by atoms with E-state index in [0.717, 1.165) is 53.9 Å². The zero-order valence-electron chi connectivity index (χ0n) is 18.0. The molecule has 8 nitrogen and oxygen atoms in total. The maximum absolute atomic E-state index is 11.7. The molecule has 32 heavy (non-hydrogen) atoms. The van der Waals surface area contributed by atoms with Gasteiger partial charge in [0.1, 0.15) is 11.8 Å². The first kappa shape index (κ1) is 24.4. The van der Waals surface area contributed by atoms with Crippen molar-refractivity contribution in [2.75, 3.05) is 45.0 Å². The van der Waals surface area contributed by atoms with Crippen LogP contribution in [0.4, 0.5) is 11.5 Å². The predicted octanol–water partition coefficient (Wildman–Crippen LogP) is 3.44. The van der Waals surface area contributed by atoms with Crippen LogP contribution in [0.3, 0.4) is 0 Å². The molecule has 0 bridgehead atoms. The minimum absolute atomic E-state index is 0. The number of esters is 1. The van der Waals surface area contributed by atoms with Crippen molar-refractivity contribution in [2.24, 2.45) is 0 Å². The maximum Gasteiger partial charge on any atom is 0.320 e. The zero-order chi connectivity index (χ0) is 21.6. The van der Waals surface area contributed by atoms with Crippen LogP contribution in [0.2, 0.25) is 0 Å². The van der Waals surface area contributed by atoms with E-state index in [0.29, 0.717) is 25.9 Å². The van der Waals surface area contributed by atoms with Crippen LogP contribution < -0.4 is 10.2 Å². The first-order chi connectivity index (χ1) is 15.2. The van der Waals surface area contributed by atoms with E-state index in [1.54, 1.807) is 31.3 Å². The SMILES string of the molecule is C.CCOC(=O)CN1CCC(NCc2ccc3c(c2)N(COC)c2nccnc2S3)CC1. The number of rotatable bonds is 8. The second-order valence-corrected chi connectivity index (χ2v) is 8.70. The van der Waals surface area contributed by atoms with Crippen LogP contribution in [0.5, 0.6) is 0 Å². The van der Waals surface area contributed by atoms with Gasteiger partial charge in [-0.2, -0.15) is 0 Å². The molecular formula is C23H33N5O3S. The van der Waals surface area contributed by atoms with Crippen molar-refractivity contribution in [1.82, 2.24) is 20.2 Å². The molecule has 0 atom stereocenters. The number of hydrogen-bond acceptors (Lipinski definition) is 9. The molecular weight excluding hydrogens is 426 g/mol. The monoisotopic (exact) mass is 459 g/mol. The number of piperidine rings is 1. The number of benzene rings is 1. The molecule has 0 spiro atoms. The van der Waals surface area contributed by atoms with E-state index in [2.05, 4.69) is 43.3 Å². The summed E-state index contributed by atoms with van der Waals surface area (Å²) in [5.41, 5.74) is 2.32. The molecule has 2 aromatic rings. The van der Waals surface area contributed by atoms with E-state index in [-0.39, 0.29) is 13.4 Å². The molecule has 1 aromatic carbocycles. The van der Waals surface area contributed by atoms with Gasteiger partial charge in [0.05, 0.1) is 18.8 Å². The molecule has 0 radical (unpaired) electrons. The Balaban J connectivity index is 0.00000289. The van der Waals surface area contributed by atoms with Gasteiger partial charge in [-0.15, -0.1) is 0 Å². The number of carbonyl (C=O) groups is 1. The summed E-state index contributed by atoms with van der Waals surface area (Å²) in [6, 6.07) is 6.98. The quantitative estimate of drug-likeness (QED) is 0.597. The number of likely N-dealkylation sites (tertiary alicyclic amines) is 1. The van der Waals surface area contributed by atoms with Crippen LogP contribution >= 0.6 is 11.8 Å². The van der Waals surface area contributed by atoms with E-state index < -0.39 is 0 Å². The van der Waals surface area contributed by atoms with Crippen molar-refractivity contribution >= 4 is 29.2 Å². The van der Waals surface area contributed by atoms with E-state index in [1.807, 2.05) is 6.92 Å². The van der Waals surface area contributed by atoms with Gasteiger partial charge in [-0.05, 0) is 37.5 Å². The summed E-state index contributed by atoms with van der Waals surface area (Å²) in [5, 5.41) is 4.58. The fourth-order valence-electron chi connectivity index (χ4n) is 3.97. The molecule has 1 fully saturated rings. The zero-order valence-corrected chi connectivity index (χ0v) is 18.9. The normalized spacial score (nSPS) is 16.1. The number of nitrogens with zero attached hydrogens (tertiary/aromatic N) is 4. The molecule has 1 N–H and O–H groups in total. The van der Waals surface area contributed by atoms with Gasteiger partial charge in [-0.1, -0.05) is 25.3 Å². The minimum atomic E-state index is -0.132. The second-order valence-electron chi connectivity index (χ2n) is 7.67. The number of aromatic nitrogens is 2. The first-order valence-electron chi connectivity index (χ1n) is 10.7. The average Bonchev–Trinajstić information content (AvgIpc) is 2.79. The highest BCUT2D eigenvalue weighted by atomic mass is 32.2. The maximum atomic E-state index is 11.7. The van der Waals surface area contributed by atoms with Gasteiger partial charge < -0.3 is 14.8 Å².